The molecular weight excluding hydrogens is 176 g/mol. The number of ether oxygens (including phenoxy) is 1. The van der Waals surface area contributed by atoms with E-state index in [0.29, 0.717) is 13.2 Å². The summed E-state index contributed by atoms with van der Waals surface area (Å²) in [6.07, 6.45) is 8.44. The Kier molecular flexibility index (Phi) is 4.72. The SMILES string of the molecule is CCOc1cncc(/C=C/CCN)c1. The summed E-state index contributed by atoms with van der Waals surface area (Å²) in [5.41, 5.74) is 6.42. The van der Waals surface area contributed by atoms with Crippen LogP contribution in [0, 0.1) is 0 Å². The predicted octanol–water partition coefficient (Wildman–Crippen LogP) is 1.84. The number of pyridine rings is 1. The maximum Gasteiger partial charge on any atom is 0.138 e. The van der Waals surface area contributed by atoms with Crippen molar-refractivity contribution in [2.24, 2.45) is 5.73 Å². The molecule has 76 valence electrons. The van der Waals surface area contributed by atoms with Gasteiger partial charge in [-0.05, 0) is 31.5 Å². The number of nitrogens with zero attached hydrogens (tertiary/aromatic N) is 1. The number of hydrogen-bond donors (Lipinski definition) is 1. The molecule has 0 aliphatic carbocycles. The third kappa shape index (κ3) is 3.58. The largest absolute Gasteiger partial charge is 0.492 e. The third-order valence-electron chi connectivity index (χ3n) is 1.69. The van der Waals surface area contributed by atoms with Crippen molar-refractivity contribution in [3.63, 3.8) is 0 Å². The maximum atomic E-state index is 5.38. The third-order valence-corrected chi connectivity index (χ3v) is 1.69. The van der Waals surface area contributed by atoms with E-state index in [2.05, 4.69) is 4.98 Å². The lowest BCUT2D eigenvalue weighted by Crippen LogP contribution is -1.95. The lowest BCUT2D eigenvalue weighted by Gasteiger charge is -2.02. The number of aromatic nitrogens is 1. The molecule has 14 heavy (non-hydrogen) atoms. The fourth-order valence-corrected chi connectivity index (χ4v) is 1.09. The van der Waals surface area contributed by atoms with Gasteiger partial charge in [-0.2, -0.15) is 0 Å². The van der Waals surface area contributed by atoms with Crippen LogP contribution in [-0.2, 0) is 0 Å². The second-order valence-electron chi connectivity index (χ2n) is 2.87. The minimum atomic E-state index is 0.664. The van der Waals surface area contributed by atoms with E-state index in [1.165, 1.54) is 0 Å². The second kappa shape index (κ2) is 6.16. The van der Waals surface area contributed by atoms with Crippen LogP contribution in [0.2, 0.25) is 0 Å². The minimum Gasteiger partial charge on any atom is -0.492 e. The molecule has 1 aromatic rings. The molecule has 0 aliphatic heterocycles. The smallest absolute Gasteiger partial charge is 0.138 e. The van der Waals surface area contributed by atoms with Crippen LogP contribution >= 0.6 is 0 Å². The molecule has 2 N–H and O–H groups in total. The first-order valence-electron chi connectivity index (χ1n) is 4.81. The van der Waals surface area contributed by atoms with Gasteiger partial charge in [0.2, 0.25) is 0 Å². The lowest BCUT2D eigenvalue weighted by molar-refractivity contribution is 0.339. The van der Waals surface area contributed by atoms with Crippen LogP contribution in [0.4, 0.5) is 0 Å². The zero-order valence-electron chi connectivity index (χ0n) is 8.44. The van der Waals surface area contributed by atoms with Crippen molar-refractivity contribution in [3.8, 4) is 5.75 Å². The second-order valence-corrected chi connectivity index (χ2v) is 2.87. The van der Waals surface area contributed by atoms with E-state index >= 15 is 0 Å². The van der Waals surface area contributed by atoms with Gasteiger partial charge in [0.15, 0.2) is 0 Å². The van der Waals surface area contributed by atoms with Gasteiger partial charge >= 0.3 is 0 Å². The van der Waals surface area contributed by atoms with E-state index in [1.807, 2.05) is 25.1 Å². The van der Waals surface area contributed by atoms with Crippen molar-refractivity contribution >= 4 is 6.08 Å². The number of hydrogen-bond acceptors (Lipinski definition) is 3. The predicted molar refractivity (Wildman–Crippen MR) is 58.1 cm³/mol. The quantitative estimate of drug-likeness (QED) is 0.774. The Balaban J connectivity index is 2.63. The van der Waals surface area contributed by atoms with Gasteiger partial charge in [-0.15, -0.1) is 0 Å². The van der Waals surface area contributed by atoms with Crippen molar-refractivity contribution in [1.29, 1.82) is 0 Å². The number of rotatable bonds is 5. The Morgan fingerprint density at radius 3 is 3.07 bits per heavy atom. The first-order valence-corrected chi connectivity index (χ1v) is 4.81. The van der Waals surface area contributed by atoms with Crippen LogP contribution in [0.15, 0.2) is 24.5 Å². The molecule has 0 aromatic carbocycles. The molecule has 3 heteroatoms. The summed E-state index contributed by atoms with van der Waals surface area (Å²) in [5, 5.41) is 0. The van der Waals surface area contributed by atoms with Crippen molar-refractivity contribution in [2.45, 2.75) is 13.3 Å². The van der Waals surface area contributed by atoms with Crippen LogP contribution in [0.1, 0.15) is 18.9 Å². The Morgan fingerprint density at radius 1 is 1.50 bits per heavy atom. The fourth-order valence-electron chi connectivity index (χ4n) is 1.09. The minimum absolute atomic E-state index is 0.664. The summed E-state index contributed by atoms with van der Waals surface area (Å²) < 4.78 is 5.33. The van der Waals surface area contributed by atoms with E-state index in [4.69, 9.17) is 10.5 Å². The number of nitrogens with two attached hydrogens (primary N) is 1. The summed E-state index contributed by atoms with van der Waals surface area (Å²) in [6.45, 7) is 3.30. The molecule has 0 bridgehead atoms. The molecule has 0 unspecified atom stereocenters. The highest BCUT2D eigenvalue weighted by Gasteiger charge is 1.93. The van der Waals surface area contributed by atoms with Crippen LogP contribution in [0.3, 0.4) is 0 Å². The van der Waals surface area contributed by atoms with Gasteiger partial charge in [0.05, 0.1) is 12.8 Å². The summed E-state index contributed by atoms with van der Waals surface area (Å²) >= 11 is 0. The maximum absolute atomic E-state index is 5.38. The van der Waals surface area contributed by atoms with Gasteiger partial charge in [-0.25, -0.2) is 0 Å². The van der Waals surface area contributed by atoms with Gasteiger partial charge in [-0.3, -0.25) is 4.98 Å². The molecule has 1 rings (SSSR count). The van der Waals surface area contributed by atoms with E-state index in [-0.39, 0.29) is 0 Å². The van der Waals surface area contributed by atoms with Crippen molar-refractivity contribution in [1.82, 2.24) is 4.98 Å². The van der Waals surface area contributed by atoms with E-state index in [9.17, 15) is 0 Å². The Hall–Kier alpha value is -1.35. The van der Waals surface area contributed by atoms with Crippen molar-refractivity contribution in [2.75, 3.05) is 13.2 Å². The topological polar surface area (TPSA) is 48.1 Å². The molecule has 0 fully saturated rings. The first kappa shape index (κ1) is 10.7. The highest BCUT2D eigenvalue weighted by molar-refractivity contribution is 5.49. The molecule has 0 radical (unpaired) electrons. The average Bonchev–Trinajstić information content (AvgIpc) is 2.19. The zero-order chi connectivity index (χ0) is 10.2. The van der Waals surface area contributed by atoms with Crippen LogP contribution in [0.25, 0.3) is 6.08 Å². The Bertz CT molecular complexity index is 297. The van der Waals surface area contributed by atoms with Crippen molar-refractivity contribution in [3.05, 3.63) is 30.1 Å². The van der Waals surface area contributed by atoms with Gasteiger partial charge in [0.25, 0.3) is 0 Å². The molecule has 1 heterocycles. The monoisotopic (exact) mass is 192 g/mol. The van der Waals surface area contributed by atoms with Gasteiger partial charge in [0, 0.05) is 6.20 Å². The summed E-state index contributed by atoms with van der Waals surface area (Å²) in [4.78, 5) is 4.07. The lowest BCUT2D eigenvalue weighted by atomic mass is 10.2. The standard InChI is InChI=1S/C11H16N2O/c1-2-14-11-7-10(8-13-9-11)5-3-4-6-12/h3,5,7-9H,2,4,6,12H2,1H3/b5-3+. The average molecular weight is 192 g/mol. The first-order chi connectivity index (χ1) is 6.86. The molecule has 0 saturated carbocycles. The Morgan fingerprint density at radius 2 is 2.36 bits per heavy atom. The van der Waals surface area contributed by atoms with Gasteiger partial charge < -0.3 is 10.5 Å². The fraction of sp³-hybridized carbons (Fsp3) is 0.364. The van der Waals surface area contributed by atoms with Crippen molar-refractivity contribution < 1.29 is 4.74 Å². The normalized spacial score (nSPS) is 10.7. The molecule has 0 atom stereocenters. The molecule has 0 amide bonds. The highest BCUT2D eigenvalue weighted by Crippen LogP contribution is 2.12. The summed E-state index contributed by atoms with van der Waals surface area (Å²) in [6, 6.07) is 1.96. The highest BCUT2D eigenvalue weighted by atomic mass is 16.5. The Labute approximate surface area is 84.6 Å². The molecule has 3 nitrogen and oxygen atoms in total. The van der Waals surface area contributed by atoms with E-state index < -0.39 is 0 Å². The molecule has 1 aromatic heterocycles. The van der Waals surface area contributed by atoms with E-state index in [0.717, 1.165) is 17.7 Å². The zero-order valence-corrected chi connectivity index (χ0v) is 8.44. The molecule has 0 aliphatic rings. The van der Waals surface area contributed by atoms with E-state index in [1.54, 1.807) is 12.4 Å². The molecule has 0 saturated heterocycles. The summed E-state index contributed by atoms with van der Waals surface area (Å²) in [7, 11) is 0. The molecular formula is C11H16N2O. The van der Waals surface area contributed by atoms with Crippen LogP contribution < -0.4 is 10.5 Å². The summed E-state index contributed by atoms with van der Waals surface area (Å²) in [5.74, 6) is 0.808. The molecule has 0 spiro atoms. The van der Waals surface area contributed by atoms with Gasteiger partial charge in [-0.1, -0.05) is 12.2 Å². The van der Waals surface area contributed by atoms with Crippen LogP contribution in [0.5, 0.6) is 5.75 Å². The van der Waals surface area contributed by atoms with Crippen LogP contribution in [-0.4, -0.2) is 18.1 Å². The van der Waals surface area contributed by atoms with Gasteiger partial charge in [0.1, 0.15) is 5.75 Å².